The van der Waals surface area contributed by atoms with Crippen molar-refractivity contribution in [1.29, 1.82) is 0 Å². The minimum absolute atomic E-state index is 0.234. The molecule has 1 heterocycles. The lowest BCUT2D eigenvalue weighted by Gasteiger charge is -2.27. The van der Waals surface area contributed by atoms with Gasteiger partial charge in [0.1, 0.15) is 17.4 Å². The van der Waals surface area contributed by atoms with Crippen LogP contribution in [-0.4, -0.2) is 24.0 Å². The van der Waals surface area contributed by atoms with E-state index < -0.39 is 18.0 Å². The zero-order chi connectivity index (χ0) is 17.4. The van der Waals surface area contributed by atoms with Gasteiger partial charge >= 0.3 is 5.97 Å². The maximum Gasteiger partial charge on any atom is 0.318 e. The molecular formula is C20H19NO4. The molecule has 0 spiro atoms. The smallest absolute Gasteiger partial charge is 0.318 e. The number of para-hydroxylation sites is 2. The standard InChI is InChI=1S/C20H19NO4/c1-12(19(22)21-13-10-11-13)24-20(23)18-14-6-2-4-8-16(14)25-17-9-5-3-7-15(17)18/h2-9,12-13,18H,10-11H2,1H3,(H,21,22)/t12-/m0/s1. The summed E-state index contributed by atoms with van der Waals surface area (Å²) in [6.07, 6.45) is 1.16. The van der Waals surface area contributed by atoms with E-state index in [9.17, 15) is 9.59 Å². The quantitative estimate of drug-likeness (QED) is 0.871. The third-order valence-corrected chi connectivity index (χ3v) is 4.50. The maximum absolute atomic E-state index is 12.9. The topological polar surface area (TPSA) is 64.6 Å². The van der Waals surface area contributed by atoms with Crippen LogP contribution in [0.15, 0.2) is 48.5 Å². The van der Waals surface area contributed by atoms with E-state index in [1.165, 1.54) is 0 Å². The predicted octanol–water partition coefficient (Wildman–Crippen LogP) is 3.13. The maximum atomic E-state index is 12.9. The molecular weight excluding hydrogens is 318 g/mol. The molecule has 0 saturated heterocycles. The average molecular weight is 337 g/mol. The van der Waals surface area contributed by atoms with E-state index in [-0.39, 0.29) is 11.9 Å². The van der Waals surface area contributed by atoms with Gasteiger partial charge in [-0.05, 0) is 31.9 Å². The first-order valence-corrected chi connectivity index (χ1v) is 8.50. The molecule has 2 aromatic rings. The van der Waals surface area contributed by atoms with Gasteiger partial charge in [-0.25, -0.2) is 0 Å². The highest BCUT2D eigenvalue weighted by Gasteiger charge is 2.35. The summed E-state index contributed by atoms with van der Waals surface area (Å²) in [6.45, 7) is 1.60. The number of nitrogens with one attached hydrogen (secondary N) is 1. The molecule has 128 valence electrons. The highest BCUT2D eigenvalue weighted by Crippen LogP contribution is 2.44. The summed E-state index contributed by atoms with van der Waals surface area (Å²) < 4.78 is 11.4. The van der Waals surface area contributed by atoms with Crippen LogP contribution in [0.1, 0.15) is 36.8 Å². The fraction of sp³-hybridized carbons (Fsp3) is 0.300. The molecule has 1 aliphatic heterocycles. The molecule has 0 unspecified atom stereocenters. The molecule has 5 heteroatoms. The first-order chi connectivity index (χ1) is 12.1. The van der Waals surface area contributed by atoms with Gasteiger partial charge < -0.3 is 14.8 Å². The van der Waals surface area contributed by atoms with Gasteiger partial charge in [0.25, 0.3) is 5.91 Å². The van der Waals surface area contributed by atoms with Crippen LogP contribution in [0.3, 0.4) is 0 Å². The van der Waals surface area contributed by atoms with Gasteiger partial charge in [-0.1, -0.05) is 36.4 Å². The number of amides is 1. The van der Waals surface area contributed by atoms with Gasteiger partial charge in [-0.2, -0.15) is 0 Å². The van der Waals surface area contributed by atoms with Gasteiger partial charge in [0.2, 0.25) is 0 Å². The molecule has 1 aliphatic carbocycles. The Morgan fingerprint density at radius 2 is 1.60 bits per heavy atom. The Balaban J connectivity index is 1.60. The molecule has 25 heavy (non-hydrogen) atoms. The Bertz CT molecular complexity index is 782. The monoisotopic (exact) mass is 337 g/mol. The molecule has 0 radical (unpaired) electrons. The summed E-state index contributed by atoms with van der Waals surface area (Å²) in [6, 6.07) is 15.0. The third-order valence-electron chi connectivity index (χ3n) is 4.50. The second-order valence-corrected chi connectivity index (χ2v) is 6.47. The van der Waals surface area contributed by atoms with Crippen LogP contribution in [0.25, 0.3) is 0 Å². The first kappa shape index (κ1) is 15.7. The van der Waals surface area contributed by atoms with E-state index in [4.69, 9.17) is 9.47 Å². The molecule has 1 fully saturated rings. The van der Waals surface area contributed by atoms with E-state index >= 15 is 0 Å². The number of esters is 1. The van der Waals surface area contributed by atoms with Crippen LogP contribution in [0.4, 0.5) is 0 Å². The summed E-state index contributed by atoms with van der Waals surface area (Å²) in [5.41, 5.74) is 1.50. The molecule has 4 rings (SSSR count). The number of fused-ring (bicyclic) bond motifs is 2. The van der Waals surface area contributed by atoms with Crippen LogP contribution < -0.4 is 10.1 Å². The van der Waals surface area contributed by atoms with E-state index in [0.29, 0.717) is 11.5 Å². The number of hydrogen-bond acceptors (Lipinski definition) is 4. The van der Waals surface area contributed by atoms with Gasteiger partial charge in [-0.3, -0.25) is 9.59 Å². The lowest BCUT2D eigenvalue weighted by molar-refractivity contribution is -0.155. The molecule has 1 amide bonds. The number of carbonyl (C=O) groups is 2. The number of carbonyl (C=O) groups excluding carboxylic acids is 2. The Hall–Kier alpha value is -2.82. The van der Waals surface area contributed by atoms with Gasteiger partial charge in [0.05, 0.1) is 0 Å². The second-order valence-electron chi connectivity index (χ2n) is 6.47. The van der Waals surface area contributed by atoms with Gasteiger partial charge in [-0.15, -0.1) is 0 Å². The van der Waals surface area contributed by atoms with Crippen LogP contribution in [0.2, 0.25) is 0 Å². The number of benzene rings is 2. The molecule has 2 aliphatic rings. The van der Waals surface area contributed by atoms with Crippen molar-refractivity contribution in [2.24, 2.45) is 0 Å². The van der Waals surface area contributed by atoms with Crippen molar-refractivity contribution in [3.05, 3.63) is 59.7 Å². The Kier molecular flexibility index (Phi) is 3.92. The van der Waals surface area contributed by atoms with Crippen LogP contribution in [0, 0.1) is 0 Å². The SMILES string of the molecule is C[C@H](OC(=O)C1c2ccccc2Oc2ccccc21)C(=O)NC1CC1. The van der Waals surface area contributed by atoms with Crippen molar-refractivity contribution >= 4 is 11.9 Å². The Morgan fingerprint density at radius 1 is 1.04 bits per heavy atom. The third kappa shape index (κ3) is 3.09. The molecule has 1 atom stereocenters. The minimum Gasteiger partial charge on any atom is -0.457 e. The summed E-state index contributed by atoms with van der Waals surface area (Å²) >= 11 is 0. The van der Waals surface area contributed by atoms with Crippen molar-refractivity contribution in [2.45, 2.75) is 37.8 Å². The zero-order valence-electron chi connectivity index (χ0n) is 13.9. The first-order valence-electron chi connectivity index (χ1n) is 8.50. The summed E-state index contributed by atoms with van der Waals surface area (Å²) in [5, 5.41) is 2.86. The van der Waals surface area contributed by atoms with Crippen molar-refractivity contribution < 1.29 is 19.1 Å². The highest BCUT2D eigenvalue weighted by atomic mass is 16.5. The van der Waals surface area contributed by atoms with Gasteiger partial charge in [0, 0.05) is 17.2 Å². The lowest BCUT2D eigenvalue weighted by atomic mass is 9.88. The normalized spacial score (nSPS) is 16.8. The number of ether oxygens (including phenoxy) is 2. The van der Waals surface area contributed by atoms with Crippen molar-refractivity contribution in [3.63, 3.8) is 0 Å². The molecule has 1 N–H and O–H groups in total. The summed E-state index contributed by atoms with van der Waals surface area (Å²) in [7, 11) is 0. The van der Waals surface area contributed by atoms with E-state index in [1.807, 2.05) is 48.5 Å². The predicted molar refractivity (Wildman–Crippen MR) is 91.5 cm³/mol. The summed E-state index contributed by atoms with van der Waals surface area (Å²) in [5.74, 6) is -0.0140. The average Bonchev–Trinajstić information content (AvgIpc) is 3.43. The van der Waals surface area contributed by atoms with Crippen molar-refractivity contribution in [1.82, 2.24) is 5.32 Å². The molecule has 1 saturated carbocycles. The zero-order valence-corrected chi connectivity index (χ0v) is 13.9. The Morgan fingerprint density at radius 3 is 2.16 bits per heavy atom. The number of hydrogen-bond donors (Lipinski definition) is 1. The largest absolute Gasteiger partial charge is 0.457 e. The van der Waals surface area contributed by atoms with E-state index in [2.05, 4.69) is 5.32 Å². The van der Waals surface area contributed by atoms with Gasteiger partial charge in [0.15, 0.2) is 6.10 Å². The summed E-state index contributed by atoms with van der Waals surface area (Å²) in [4.78, 5) is 25.0. The highest BCUT2D eigenvalue weighted by molar-refractivity contribution is 5.89. The fourth-order valence-electron chi connectivity index (χ4n) is 3.01. The number of rotatable bonds is 4. The van der Waals surface area contributed by atoms with E-state index in [0.717, 1.165) is 24.0 Å². The molecule has 0 aromatic heterocycles. The molecule has 0 bridgehead atoms. The van der Waals surface area contributed by atoms with Crippen molar-refractivity contribution in [3.8, 4) is 11.5 Å². The molecule has 5 nitrogen and oxygen atoms in total. The molecule has 2 aromatic carbocycles. The van der Waals surface area contributed by atoms with Crippen LogP contribution in [-0.2, 0) is 14.3 Å². The van der Waals surface area contributed by atoms with Crippen molar-refractivity contribution in [2.75, 3.05) is 0 Å². The van der Waals surface area contributed by atoms with E-state index in [1.54, 1.807) is 6.92 Å². The fourth-order valence-corrected chi connectivity index (χ4v) is 3.01. The second kappa shape index (κ2) is 6.24. The lowest BCUT2D eigenvalue weighted by Crippen LogP contribution is -2.38. The van der Waals surface area contributed by atoms with Crippen LogP contribution >= 0.6 is 0 Å². The Labute approximate surface area is 145 Å². The minimum atomic E-state index is -0.824. The van der Waals surface area contributed by atoms with Crippen LogP contribution in [0.5, 0.6) is 11.5 Å².